The molecule has 1 aromatic carbocycles. The van der Waals surface area contributed by atoms with Crippen molar-refractivity contribution in [1.82, 2.24) is 0 Å². The minimum atomic E-state index is -0.296. The van der Waals surface area contributed by atoms with Gasteiger partial charge in [-0.3, -0.25) is 4.99 Å². The molecule has 0 saturated heterocycles. The largest absolute Gasteiger partial charge is 0.398 e. The van der Waals surface area contributed by atoms with E-state index >= 15 is 0 Å². The number of allylic oxidation sites excluding steroid dienone is 1. The summed E-state index contributed by atoms with van der Waals surface area (Å²) in [6, 6.07) is 6.96. The van der Waals surface area contributed by atoms with E-state index in [1.165, 1.54) is 6.07 Å². The first-order chi connectivity index (χ1) is 8.66. The second-order valence-corrected chi connectivity index (χ2v) is 4.08. The summed E-state index contributed by atoms with van der Waals surface area (Å²) in [5.74, 6) is -0.296. The summed E-state index contributed by atoms with van der Waals surface area (Å²) >= 11 is 0. The predicted molar refractivity (Wildman–Crippen MR) is 76.0 cm³/mol. The summed E-state index contributed by atoms with van der Waals surface area (Å²) in [7, 11) is 0. The topological polar surface area (TPSA) is 38.4 Å². The molecule has 2 rings (SSSR count). The molecule has 0 amide bonds. The van der Waals surface area contributed by atoms with E-state index in [0.29, 0.717) is 17.3 Å². The Morgan fingerprint density at radius 2 is 1.94 bits per heavy atom. The zero-order valence-corrected chi connectivity index (χ0v) is 11.3. The molecule has 1 saturated carbocycles. The third-order valence-electron chi connectivity index (χ3n) is 2.48. The van der Waals surface area contributed by atoms with Crippen LogP contribution in [0.4, 0.5) is 4.39 Å². The van der Waals surface area contributed by atoms with E-state index in [-0.39, 0.29) is 5.82 Å². The van der Waals surface area contributed by atoms with Gasteiger partial charge >= 0.3 is 0 Å². The molecule has 0 heterocycles. The van der Waals surface area contributed by atoms with Gasteiger partial charge in [0.25, 0.3) is 0 Å². The van der Waals surface area contributed by atoms with Gasteiger partial charge in [0.2, 0.25) is 0 Å². The maximum Gasteiger partial charge on any atom is 0.132 e. The highest BCUT2D eigenvalue weighted by atomic mass is 19.1. The van der Waals surface area contributed by atoms with Crippen LogP contribution >= 0.6 is 0 Å². The summed E-state index contributed by atoms with van der Waals surface area (Å²) < 4.78 is 13.4. The number of rotatable bonds is 3. The predicted octanol–water partition coefficient (Wildman–Crippen LogP) is 3.77. The highest BCUT2D eigenvalue weighted by Crippen LogP contribution is 2.24. The molecular weight excluding hydrogens is 227 g/mol. The normalized spacial score (nSPS) is 16.0. The highest BCUT2D eigenvalue weighted by molar-refractivity contribution is 5.98. The fourth-order valence-electron chi connectivity index (χ4n) is 1.53. The van der Waals surface area contributed by atoms with Crippen LogP contribution in [0.5, 0.6) is 0 Å². The van der Waals surface area contributed by atoms with Crippen LogP contribution in [0.25, 0.3) is 5.70 Å². The molecule has 3 heteroatoms. The van der Waals surface area contributed by atoms with Gasteiger partial charge in [0.15, 0.2) is 0 Å². The molecular formula is C15H21FN2. The van der Waals surface area contributed by atoms with Crippen LogP contribution in [-0.2, 0) is 0 Å². The van der Waals surface area contributed by atoms with Gasteiger partial charge in [0, 0.05) is 17.0 Å². The second kappa shape index (κ2) is 6.94. The SMILES string of the molecule is CC.CC(/C=C(\N)c1ccccc1F)=NC1CC1. The maximum absolute atomic E-state index is 13.4. The van der Waals surface area contributed by atoms with Crippen molar-refractivity contribution in [3.8, 4) is 0 Å². The molecule has 1 aliphatic rings. The average molecular weight is 248 g/mol. The minimum Gasteiger partial charge on any atom is -0.398 e. The molecule has 2 N–H and O–H groups in total. The lowest BCUT2D eigenvalue weighted by Gasteiger charge is -2.03. The van der Waals surface area contributed by atoms with Gasteiger partial charge in [-0.15, -0.1) is 0 Å². The molecule has 1 aromatic rings. The fourth-order valence-corrected chi connectivity index (χ4v) is 1.53. The first-order valence-electron chi connectivity index (χ1n) is 6.43. The maximum atomic E-state index is 13.4. The van der Waals surface area contributed by atoms with Crippen LogP contribution in [0.15, 0.2) is 35.3 Å². The van der Waals surface area contributed by atoms with Crippen LogP contribution in [0.2, 0.25) is 0 Å². The zero-order valence-electron chi connectivity index (χ0n) is 11.3. The van der Waals surface area contributed by atoms with Crippen LogP contribution < -0.4 is 5.73 Å². The Morgan fingerprint density at radius 3 is 2.50 bits per heavy atom. The molecule has 2 nitrogen and oxygen atoms in total. The lowest BCUT2D eigenvalue weighted by molar-refractivity contribution is 0.624. The summed E-state index contributed by atoms with van der Waals surface area (Å²) in [6.45, 7) is 5.89. The quantitative estimate of drug-likeness (QED) is 0.812. The number of hydrogen-bond acceptors (Lipinski definition) is 2. The van der Waals surface area contributed by atoms with Crippen LogP contribution in [0.1, 0.15) is 39.2 Å². The number of benzene rings is 1. The molecule has 18 heavy (non-hydrogen) atoms. The van der Waals surface area contributed by atoms with Crippen molar-refractivity contribution >= 4 is 11.4 Å². The first kappa shape index (κ1) is 14.4. The molecule has 0 radical (unpaired) electrons. The zero-order chi connectivity index (χ0) is 13.5. The molecule has 0 spiro atoms. The van der Waals surface area contributed by atoms with Crippen molar-refractivity contribution in [3.05, 3.63) is 41.7 Å². The first-order valence-corrected chi connectivity index (χ1v) is 6.43. The lowest BCUT2D eigenvalue weighted by Crippen LogP contribution is -2.02. The van der Waals surface area contributed by atoms with Gasteiger partial charge in [-0.2, -0.15) is 0 Å². The Bertz CT molecular complexity index is 446. The van der Waals surface area contributed by atoms with Gasteiger partial charge in [-0.05, 0) is 38.0 Å². The second-order valence-electron chi connectivity index (χ2n) is 4.08. The van der Waals surface area contributed by atoms with E-state index in [1.54, 1.807) is 24.3 Å². The highest BCUT2D eigenvalue weighted by Gasteiger charge is 2.19. The third kappa shape index (κ3) is 4.32. The molecule has 1 aliphatic carbocycles. The number of halogens is 1. The third-order valence-corrected chi connectivity index (χ3v) is 2.48. The van der Waals surface area contributed by atoms with Crippen molar-refractivity contribution in [2.75, 3.05) is 0 Å². The van der Waals surface area contributed by atoms with Crippen LogP contribution in [0, 0.1) is 5.82 Å². The fraction of sp³-hybridized carbons (Fsp3) is 0.400. The van der Waals surface area contributed by atoms with E-state index in [1.807, 2.05) is 20.8 Å². The van der Waals surface area contributed by atoms with Crippen molar-refractivity contribution in [2.45, 2.75) is 39.7 Å². The number of aliphatic imine (C=N–C) groups is 1. The number of hydrogen-bond donors (Lipinski definition) is 1. The van der Waals surface area contributed by atoms with E-state index in [4.69, 9.17) is 5.73 Å². The van der Waals surface area contributed by atoms with Crippen LogP contribution in [0.3, 0.4) is 0 Å². The Balaban J connectivity index is 0.000000771. The average Bonchev–Trinajstić information content (AvgIpc) is 3.15. The monoisotopic (exact) mass is 248 g/mol. The standard InChI is InChI=1S/C13H15FN2.C2H6/c1-9(16-10-6-7-10)8-13(15)11-4-2-3-5-12(11)14;1-2/h2-5,8,10H,6-7,15H2,1H3;1-2H3/b13-8-,16-9?;. The van der Waals surface area contributed by atoms with E-state index in [9.17, 15) is 4.39 Å². The van der Waals surface area contributed by atoms with Crippen LogP contribution in [-0.4, -0.2) is 11.8 Å². The summed E-state index contributed by atoms with van der Waals surface area (Å²) in [5, 5.41) is 0. The van der Waals surface area contributed by atoms with Gasteiger partial charge < -0.3 is 5.73 Å². The van der Waals surface area contributed by atoms with E-state index in [2.05, 4.69) is 4.99 Å². The number of nitrogens with two attached hydrogens (primary N) is 1. The summed E-state index contributed by atoms with van der Waals surface area (Å²) in [4.78, 5) is 4.42. The Morgan fingerprint density at radius 1 is 1.33 bits per heavy atom. The smallest absolute Gasteiger partial charge is 0.132 e. The lowest BCUT2D eigenvalue weighted by atomic mass is 10.1. The molecule has 0 unspecified atom stereocenters. The van der Waals surface area contributed by atoms with Gasteiger partial charge in [0.05, 0.1) is 6.04 Å². The summed E-state index contributed by atoms with van der Waals surface area (Å²) in [5.41, 5.74) is 7.57. The van der Waals surface area contributed by atoms with E-state index < -0.39 is 0 Å². The molecule has 0 aromatic heterocycles. The van der Waals surface area contributed by atoms with Crippen molar-refractivity contribution in [3.63, 3.8) is 0 Å². The molecule has 98 valence electrons. The van der Waals surface area contributed by atoms with Crippen molar-refractivity contribution in [2.24, 2.45) is 10.7 Å². The Labute approximate surface area is 108 Å². The van der Waals surface area contributed by atoms with Crippen molar-refractivity contribution < 1.29 is 4.39 Å². The van der Waals surface area contributed by atoms with E-state index in [0.717, 1.165) is 18.6 Å². The minimum absolute atomic E-state index is 0.296. The van der Waals surface area contributed by atoms with Gasteiger partial charge in [0.1, 0.15) is 5.82 Å². The Hall–Kier alpha value is -1.64. The number of nitrogens with zero attached hydrogens (tertiary/aromatic N) is 1. The molecule has 1 fully saturated rings. The molecule has 0 aliphatic heterocycles. The van der Waals surface area contributed by atoms with Crippen molar-refractivity contribution in [1.29, 1.82) is 0 Å². The van der Waals surface area contributed by atoms with Gasteiger partial charge in [-0.1, -0.05) is 26.0 Å². The summed E-state index contributed by atoms with van der Waals surface area (Å²) in [6.07, 6.45) is 4.05. The Kier molecular flexibility index (Phi) is 5.56. The molecule has 0 bridgehead atoms. The molecule has 0 atom stereocenters. The van der Waals surface area contributed by atoms with Gasteiger partial charge in [-0.25, -0.2) is 4.39 Å².